The first-order valence-electron chi connectivity index (χ1n) is 13.8. The Kier molecular flexibility index (Phi) is 9.52. The van der Waals surface area contributed by atoms with Gasteiger partial charge >= 0.3 is 5.97 Å². The van der Waals surface area contributed by atoms with Gasteiger partial charge in [-0.3, -0.25) is 14.4 Å². The average Bonchev–Trinajstić information content (AvgIpc) is 2.96. The van der Waals surface area contributed by atoms with Gasteiger partial charge in [-0.15, -0.1) is 0 Å². The molecule has 9 nitrogen and oxygen atoms in total. The number of esters is 1. The molecule has 4 rings (SSSR count). The van der Waals surface area contributed by atoms with E-state index in [-0.39, 0.29) is 54.5 Å². The van der Waals surface area contributed by atoms with E-state index in [1.54, 1.807) is 26.1 Å². The van der Waals surface area contributed by atoms with Crippen molar-refractivity contribution in [2.45, 2.75) is 53.2 Å². The molecule has 0 radical (unpaired) electrons. The van der Waals surface area contributed by atoms with Gasteiger partial charge in [0.2, 0.25) is 0 Å². The zero-order valence-corrected chi connectivity index (χ0v) is 24.6. The number of hydrogen-bond donors (Lipinski definition) is 1. The molecule has 0 spiro atoms. The largest absolute Gasteiger partial charge is 0.485 e. The smallest absolute Gasteiger partial charge is 0.325 e. The maximum absolute atomic E-state index is 13.1. The number of rotatable bonds is 10. The van der Waals surface area contributed by atoms with Crippen LogP contribution in [-0.4, -0.2) is 39.6 Å². The first-order chi connectivity index (χ1) is 20.0. The standard InChI is InChI=1S/C33H36N4O5/c1-6-41-29(39)19-34-32(40)30-31(42-21-23-10-8-7-9-11-23)22(2)35-27(36-30)20-37-17-16-25(18-28(37)38)24-12-14-26(15-13-24)33(3,4)5/h7-18H,6,19-21H2,1-5H3,(H,34,40). The summed E-state index contributed by atoms with van der Waals surface area (Å²) in [5.74, 6) is -0.724. The van der Waals surface area contributed by atoms with Crippen molar-refractivity contribution < 1.29 is 19.1 Å². The van der Waals surface area contributed by atoms with Crippen LogP contribution in [0, 0.1) is 6.92 Å². The van der Waals surface area contributed by atoms with Crippen LogP contribution in [-0.2, 0) is 28.1 Å². The quantitative estimate of drug-likeness (QED) is 0.273. The highest BCUT2D eigenvalue weighted by atomic mass is 16.5. The summed E-state index contributed by atoms with van der Waals surface area (Å²) in [5.41, 5.74) is 4.08. The van der Waals surface area contributed by atoms with Crippen molar-refractivity contribution in [1.82, 2.24) is 19.9 Å². The summed E-state index contributed by atoms with van der Waals surface area (Å²) in [5, 5.41) is 2.54. The molecule has 0 aliphatic rings. The van der Waals surface area contributed by atoms with Crippen molar-refractivity contribution in [3.63, 3.8) is 0 Å². The molecule has 218 valence electrons. The number of carbonyl (C=O) groups excluding carboxylic acids is 2. The van der Waals surface area contributed by atoms with Crippen molar-refractivity contribution in [3.8, 4) is 16.9 Å². The first-order valence-corrected chi connectivity index (χ1v) is 13.8. The molecule has 42 heavy (non-hydrogen) atoms. The van der Waals surface area contributed by atoms with Crippen LogP contribution in [0.5, 0.6) is 5.75 Å². The zero-order chi connectivity index (χ0) is 30.3. The number of nitrogens with zero attached hydrogens (tertiary/aromatic N) is 3. The Hall–Kier alpha value is -4.79. The molecule has 0 saturated carbocycles. The van der Waals surface area contributed by atoms with Gasteiger partial charge in [-0.2, -0.15) is 0 Å². The summed E-state index contributed by atoms with van der Waals surface area (Å²) in [4.78, 5) is 47.0. The molecule has 0 aliphatic carbocycles. The van der Waals surface area contributed by atoms with Crippen LogP contribution in [0.15, 0.2) is 77.7 Å². The highest BCUT2D eigenvalue weighted by Crippen LogP contribution is 2.26. The van der Waals surface area contributed by atoms with Gasteiger partial charge in [-0.25, -0.2) is 9.97 Å². The van der Waals surface area contributed by atoms with Crippen LogP contribution in [0.1, 0.15) is 60.8 Å². The first kappa shape index (κ1) is 30.2. The number of ether oxygens (including phenoxy) is 2. The normalized spacial score (nSPS) is 11.2. The fourth-order valence-corrected chi connectivity index (χ4v) is 4.33. The van der Waals surface area contributed by atoms with Gasteiger partial charge in [0, 0.05) is 12.3 Å². The van der Waals surface area contributed by atoms with Crippen LogP contribution in [0.25, 0.3) is 11.1 Å². The maximum atomic E-state index is 13.1. The van der Waals surface area contributed by atoms with Gasteiger partial charge in [0.15, 0.2) is 11.4 Å². The van der Waals surface area contributed by atoms with Gasteiger partial charge in [-0.1, -0.05) is 75.4 Å². The minimum Gasteiger partial charge on any atom is -0.485 e. The SMILES string of the molecule is CCOC(=O)CNC(=O)c1nc(Cn2ccc(-c3ccc(C(C)(C)C)cc3)cc2=O)nc(C)c1OCc1ccccc1. The molecule has 0 fully saturated rings. The Morgan fingerprint density at radius 2 is 1.67 bits per heavy atom. The fraction of sp³-hybridized carbons (Fsp3) is 0.303. The third kappa shape index (κ3) is 7.69. The number of carbonyl (C=O) groups is 2. The van der Waals surface area contributed by atoms with Crippen LogP contribution in [0.3, 0.4) is 0 Å². The predicted molar refractivity (Wildman–Crippen MR) is 160 cm³/mol. The lowest BCUT2D eigenvalue weighted by Crippen LogP contribution is -2.32. The molecular weight excluding hydrogens is 532 g/mol. The number of pyridine rings is 1. The van der Waals surface area contributed by atoms with Crippen LogP contribution >= 0.6 is 0 Å². The molecule has 9 heteroatoms. The van der Waals surface area contributed by atoms with Crippen molar-refractivity contribution in [1.29, 1.82) is 0 Å². The second-order valence-corrected chi connectivity index (χ2v) is 10.9. The molecule has 1 amide bonds. The number of aryl methyl sites for hydroxylation is 1. The van der Waals surface area contributed by atoms with Crippen molar-refractivity contribution >= 4 is 11.9 Å². The highest BCUT2D eigenvalue weighted by Gasteiger charge is 2.21. The van der Waals surface area contributed by atoms with Gasteiger partial charge in [0.1, 0.15) is 19.0 Å². The molecule has 2 aromatic carbocycles. The molecule has 0 unspecified atom stereocenters. The van der Waals surface area contributed by atoms with E-state index in [4.69, 9.17) is 9.47 Å². The van der Waals surface area contributed by atoms with Crippen LogP contribution in [0.2, 0.25) is 0 Å². The lowest BCUT2D eigenvalue weighted by Gasteiger charge is -2.19. The fourth-order valence-electron chi connectivity index (χ4n) is 4.33. The molecule has 0 bridgehead atoms. The minimum atomic E-state index is -0.612. The number of hydrogen-bond acceptors (Lipinski definition) is 7. The Morgan fingerprint density at radius 1 is 0.952 bits per heavy atom. The topological polar surface area (TPSA) is 112 Å². The van der Waals surface area contributed by atoms with E-state index in [9.17, 15) is 14.4 Å². The van der Waals surface area contributed by atoms with Gasteiger partial charge in [0.05, 0.1) is 18.8 Å². The summed E-state index contributed by atoms with van der Waals surface area (Å²) >= 11 is 0. The number of nitrogens with one attached hydrogen (secondary N) is 1. The molecule has 2 aromatic heterocycles. The molecule has 0 aliphatic heterocycles. The van der Waals surface area contributed by atoms with Gasteiger partial charge in [-0.05, 0) is 47.6 Å². The Morgan fingerprint density at radius 3 is 2.31 bits per heavy atom. The molecule has 2 heterocycles. The van der Waals surface area contributed by atoms with E-state index in [0.717, 1.165) is 16.7 Å². The van der Waals surface area contributed by atoms with Gasteiger partial charge < -0.3 is 19.4 Å². The van der Waals surface area contributed by atoms with E-state index in [0.29, 0.717) is 5.69 Å². The number of aromatic nitrogens is 3. The van der Waals surface area contributed by atoms with Crippen molar-refractivity contribution in [2.24, 2.45) is 0 Å². The molecular formula is C33H36N4O5. The second kappa shape index (κ2) is 13.2. The second-order valence-electron chi connectivity index (χ2n) is 10.9. The number of amides is 1. The minimum absolute atomic E-state index is 0.0265. The van der Waals surface area contributed by atoms with Gasteiger partial charge in [0.25, 0.3) is 11.5 Å². The molecule has 0 atom stereocenters. The summed E-state index contributed by atoms with van der Waals surface area (Å²) in [7, 11) is 0. The van der Waals surface area contributed by atoms with Crippen molar-refractivity contribution in [2.75, 3.05) is 13.2 Å². The summed E-state index contributed by atoms with van der Waals surface area (Å²) in [6.07, 6.45) is 1.69. The lowest BCUT2D eigenvalue weighted by molar-refractivity contribution is -0.141. The third-order valence-electron chi connectivity index (χ3n) is 6.61. The van der Waals surface area contributed by atoms with Crippen LogP contribution in [0.4, 0.5) is 0 Å². The Labute approximate surface area is 245 Å². The zero-order valence-electron chi connectivity index (χ0n) is 24.6. The number of benzene rings is 2. The van der Waals surface area contributed by atoms with E-state index in [1.807, 2.05) is 48.5 Å². The van der Waals surface area contributed by atoms with E-state index >= 15 is 0 Å². The molecule has 0 saturated heterocycles. The van der Waals surface area contributed by atoms with Crippen molar-refractivity contribution in [3.05, 3.63) is 112 Å². The third-order valence-corrected chi connectivity index (χ3v) is 6.61. The average molecular weight is 569 g/mol. The molecule has 1 N–H and O–H groups in total. The summed E-state index contributed by atoms with van der Waals surface area (Å²) in [6, 6.07) is 21.1. The van der Waals surface area contributed by atoms with Crippen LogP contribution < -0.4 is 15.6 Å². The predicted octanol–water partition coefficient (Wildman–Crippen LogP) is 4.83. The maximum Gasteiger partial charge on any atom is 0.325 e. The van der Waals surface area contributed by atoms with E-state index in [2.05, 4.69) is 48.2 Å². The lowest BCUT2D eigenvalue weighted by atomic mass is 9.86. The van der Waals surface area contributed by atoms with E-state index < -0.39 is 11.9 Å². The molecule has 4 aromatic rings. The van der Waals surface area contributed by atoms with E-state index in [1.165, 1.54) is 10.1 Å². The monoisotopic (exact) mass is 568 g/mol. The Balaban J connectivity index is 1.59. The summed E-state index contributed by atoms with van der Waals surface area (Å²) in [6.45, 7) is 9.99. The Bertz CT molecular complexity index is 1610. The summed E-state index contributed by atoms with van der Waals surface area (Å²) < 4.78 is 12.4. The highest BCUT2D eigenvalue weighted by molar-refractivity contribution is 5.96.